The largest absolute Gasteiger partial charge is 0.140 e. The average molecular weight is 252 g/mol. The number of halogens is 1. The molecule has 0 nitrogen and oxygen atoms in total. The Morgan fingerprint density at radius 1 is 1.12 bits per heavy atom. The van der Waals surface area contributed by atoms with Crippen LogP contribution in [0.1, 0.15) is 30.6 Å². The zero-order chi connectivity index (χ0) is 11.4. The molecule has 0 N–H and O–H groups in total. The molecule has 0 aliphatic carbocycles. The predicted molar refractivity (Wildman–Crippen MR) is 74.4 cm³/mol. The van der Waals surface area contributed by atoms with Crippen LogP contribution in [0.25, 0.3) is 10.1 Å². The van der Waals surface area contributed by atoms with Crippen LogP contribution in [0.2, 0.25) is 5.02 Å². The third-order valence-electron chi connectivity index (χ3n) is 2.71. The summed E-state index contributed by atoms with van der Waals surface area (Å²) >= 11 is 7.84. The quantitative estimate of drug-likeness (QED) is 0.617. The first-order valence-electron chi connectivity index (χ1n) is 5.77. The Balaban J connectivity index is 2.02. The van der Waals surface area contributed by atoms with Crippen molar-refractivity contribution >= 4 is 33.0 Å². The lowest BCUT2D eigenvalue weighted by atomic mass is 10.1. The Labute approximate surface area is 106 Å². The zero-order valence-corrected chi connectivity index (χ0v) is 10.9. The van der Waals surface area contributed by atoms with Crippen LogP contribution in [0.15, 0.2) is 24.3 Å². The van der Waals surface area contributed by atoms with Crippen LogP contribution in [-0.4, -0.2) is 0 Å². The molecule has 0 atom stereocenters. The molecule has 2 aromatic rings. The van der Waals surface area contributed by atoms with E-state index in [2.05, 4.69) is 25.1 Å². The molecule has 0 amide bonds. The smallest absolute Gasteiger partial charge is 0.0420 e. The summed E-state index contributed by atoms with van der Waals surface area (Å²) in [7, 11) is 0. The minimum atomic E-state index is 0.831. The van der Waals surface area contributed by atoms with Gasteiger partial charge in [-0.15, -0.1) is 11.3 Å². The molecule has 2 rings (SSSR count). The molecule has 0 saturated carbocycles. The van der Waals surface area contributed by atoms with E-state index in [1.807, 2.05) is 17.4 Å². The fourth-order valence-corrected chi connectivity index (χ4v) is 3.22. The van der Waals surface area contributed by atoms with Crippen LogP contribution in [0.5, 0.6) is 0 Å². The highest BCUT2D eigenvalue weighted by atomic mass is 35.5. The molecule has 1 radical (unpaired) electrons. The normalized spacial score (nSPS) is 11.1. The second kappa shape index (κ2) is 5.70. The molecule has 0 saturated heterocycles. The van der Waals surface area contributed by atoms with E-state index in [1.165, 1.54) is 40.6 Å². The first kappa shape index (κ1) is 11.9. The zero-order valence-electron chi connectivity index (χ0n) is 9.34. The monoisotopic (exact) mass is 251 g/mol. The summed E-state index contributed by atoms with van der Waals surface area (Å²) in [6, 6.07) is 8.41. The third kappa shape index (κ3) is 2.99. The summed E-state index contributed by atoms with van der Waals surface area (Å²) in [5.74, 6) is 0. The number of hydrogen-bond acceptors (Lipinski definition) is 1. The van der Waals surface area contributed by atoms with Gasteiger partial charge < -0.3 is 0 Å². The molecular formula is C14H16ClS. The van der Waals surface area contributed by atoms with Gasteiger partial charge in [-0.2, -0.15) is 0 Å². The van der Waals surface area contributed by atoms with E-state index >= 15 is 0 Å². The molecule has 1 heterocycles. The molecule has 0 fully saturated rings. The Kier molecular flexibility index (Phi) is 4.25. The van der Waals surface area contributed by atoms with Crippen LogP contribution in [0.3, 0.4) is 0 Å². The summed E-state index contributed by atoms with van der Waals surface area (Å²) in [4.78, 5) is 1.47. The van der Waals surface area contributed by atoms with Crippen molar-refractivity contribution in [1.82, 2.24) is 0 Å². The van der Waals surface area contributed by atoms with Crippen LogP contribution >= 0.6 is 22.9 Å². The van der Waals surface area contributed by atoms with Gasteiger partial charge in [0, 0.05) is 14.6 Å². The summed E-state index contributed by atoms with van der Waals surface area (Å²) in [5, 5.41) is 2.15. The molecule has 85 valence electrons. The van der Waals surface area contributed by atoms with Gasteiger partial charge in [0.25, 0.3) is 0 Å². The highest BCUT2D eigenvalue weighted by Crippen LogP contribution is 2.29. The second-order valence-electron chi connectivity index (χ2n) is 4.06. The minimum Gasteiger partial charge on any atom is -0.140 e. The van der Waals surface area contributed by atoms with Crippen molar-refractivity contribution in [2.24, 2.45) is 0 Å². The maximum Gasteiger partial charge on any atom is 0.0420 e. The van der Waals surface area contributed by atoms with Crippen molar-refractivity contribution in [3.05, 3.63) is 41.1 Å². The van der Waals surface area contributed by atoms with Crippen molar-refractivity contribution in [1.29, 1.82) is 0 Å². The van der Waals surface area contributed by atoms with Crippen LogP contribution in [0.4, 0.5) is 0 Å². The standard InChI is InChI=1S/C14H16ClS/c1-2-3-4-5-6-13-9-11-7-8-12(15)10-14(11)16-13/h7-10H,1-6H2. The fraction of sp³-hybridized carbons (Fsp3) is 0.357. The summed E-state index contributed by atoms with van der Waals surface area (Å²) in [5.41, 5.74) is 0. The van der Waals surface area contributed by atoms with E-state index in [1.54, 1.807) is 0 Å². The highest BCUT2D eigenvalue weighted by molar-refractivity contribution is 7.19. The topological polar surface area (TPSA) is 0 Å². The van der Waals surface area contributed by atoms with E-state index < -0.39 is 0 Å². The minimum absolute atomic E-state index is 0.831. The van der Waals surface area contributed by atoms with E-state index in [0.717, 1.165) is 11.4 Å². The number of benzene rings is 1. The van der Waals surface area contributed by atoms with E-state index in [4.69, 9.17) is 11.6 Å². The van der Waals surface area contributed by atoms with Gasteiger partial charge in [0.15, 0.2) is 0 Å². The fourth-order valence-electron chi connectivity index (χ4n) is 1.84. The van der Waals surface area contributed by atoms with E-state index in [0.29, 0.717) is 0 Å². The molecular weight excluding hydrogens is 236 g/mol. The van der Waals surface area contributed by atoms with Crippen LogP contribution < -0.4 is 0 Å². The summed E-state index contributed by atoms with van der Waals surface area (Å²) in [6.07, 6.45) is 6.06. The van der Waals surface area contributed by atoms with Crippen LogP contribution in [-0.2, 0) is 6.42 Å². The van der Waals surface area contributed by atoms with Crippen molar-refractivity contribution in [2.75, 3.05) is 0 Å². The second-order valence-corrected chi connectivity index (χ2v) is 5.66. The Bertz CT molecular complexity index is 459. The lowest BCUT2D eigenvalue weighted by molar-refractivity contribution is 0.690. The maximum absolute atomic E-state index is 5.97. The van der Waals surface area contributed by atoms with Crippen molar-refractivity contribution in [3.8, 4) is 0 Å². The molecule has 0 unspecified atom stereocenters. The molecule has 0 aliphatic heterocycles. The van der Waals surface area contributed by atoms with Crippen LogP contribution in [0, 0.1) is 6.92 Å². The highest BCUT2D eigenvalue weighted by Gasteiger charge is 2.02. The summed E-state index contributed by atoms with van der Waals surface area (Å²) in [6.45, 7) is 3.86. The first-order valence-corrected chi connectivity index (χ1v) is 6.96. The van der Waals surface area contributed by atoms with Gasteiger partial charge in [0.2, 0.25) is 0 Å². The van der Waals surface area contributed by atoms with Gasteiger partial charge in [-0.25, -0.2) is 0 Å². The number of fused-ring (bicyclic) bond motifs is 1. The van der Waals surface area contributed by atoms with Gasteiger partial charge in [0.1, 0.15) is 0 Å². The van der Waals surface area contributed by atoms with Gasteiger partial charge in [-0.1, -0.05) is 43.9 Å². The van der Waals surface area contributed by atoms with Gasteiger partial charge in [0.05, 0.1) is 0 Å². The average Bonchev–Trinajstić information content (AvgIpc) is 2.66. The molecule has 2 heteroatoms. The van der Waals surface area contributed by atoms with E-state index in [-0.39, 0.29) is 0 Å². The molecule has 1 aromatic heterocycles. The Morgan fingerprint density at radius 3 is 2.81 bits per heavy atom. The number of rotatable bonds is 5. The molecule has 0 aliphatic rings. The van der Waals surface area contributed by atoms with Crippen molar-refractivity contribution in [3.63, 3.8) is 0 Å². The third-order valence-corrected chi connectivity index (χ3v) is 4.10. The first-order chi connectivity index (χ1) is 7.79. The molecule has 0 bridgehead atoms. The number of hydrogen-bond donors (Lipinski definition) is 0. The molecule has 0 spiro atoms. The summed E-state index contributed by atoms with van der Waals surface area (Å²) < 4.78 is 1.31. The van der Waals surface area contributed by atoms with Gasteiger partial charge >= 0.3 is 0 Å². The van der Waals surface area contributed by atoms with Crippen molar-refractivity contribution in [2.45, 2.75) is 32.1 Å². The number of aryl methyl sites for hydroxylation is 1. The SMILES string of the molecule is [CH2]CCCCCc1cc2ccc(Cl)cc2s1. The number of thiophene rings is 1. The Morgan fingerprint density at radius 2 is 2.00 bits per heavy atom. The predicted octanol–water partition coefficient (Wildman–Crippen LogP) is 5.49. The lowest BCUT2D eigenvalue weighted by Gasteiger charge is -1.95. The van der Waals surface area contributed by atoms with Gasteiger partial charge in [-0.3, -0.25) is 0 Å². The van der Waals surface area contributed by atoms with E-state index in [9.17, 15) is 0 Å². The lowest BCUT2D eigenvalue weighted by Crippen LogP contribution is -1.80. The van der Waals surface area contributed by atoms with Crippen molar-refractivity contribution < 1.29 is 0 Å². The molecule has 16 heavy (non-hydrogen) atoms. The van der Waals surface area contributed by atoms with Gasteiger partial charge in [-0.05, 0) is 36.4 Å². The maximum atomic E-state index is 5.97. The Hall–Kier alpha value is -0.530. The molecule has 1 aromatic carbocycles. The number of unbranched alkanes of at least 4 members (excludes halogenated alkanes) is 3.